The second kappa shape index (κ2) is 3.81. The lowest BCUT2D eigenvalue weighted by Crippen LogP contribution is -2.50. The second-order valence-electron chi connectivity index (χ2n) is 5.14. The van der Waals surface area contributed by atoms with Crippen LogP contribution in [0, 0.1) is 6.92 Å². The molecule has 1 aliphatic heterocycles. The van der Waals surface area contributed by atoms with Crippen LogP contribution in [0.3, 0.4) is 0 Å². The maximum atomic E-state index is 6.26. The number of hydrogen-bond donors (Lipinski definition) is 0. The van der Waals surface area contributed by atoms with E-state index in [4.69, 9.17) is 8.85 Å². The average molecular weight is 236 g/mol. The predicted octanol–water partition coefficient (Wildman–Crippen LogP) is 4.03. The van der Waals surface area contributed by atoms with Crippen LogP contribution >= 0.6 is 0 Å². The minimum Gasteiger partial charge on any atom is -0.508 e. The van der Waals surface area contributed by atoms with Gasteiger partial charge in [-0.2, -0.15) is 0 Å². The smallest absolute Gasteiger partial charge is 0.465 e. The molecule has 1 aromatic rings. The predicted molar refractivity (Wildman–Crippen MR) is 68.4 cm³/mol. The van der Waals surface area contributed by atoms with Gasteiger partial charge in [-0.15, -0.1) is 0 Å². The van der Waals surface area contributed by atoms with E-state index in [1.165, 1.54) is 5.56 Å². The Bertz CT molecular complexity index is 391. The van der Waals surface area contributed by atoms with Gasteiger partial charge in [0, 0.05) is 11.1 Å². The van der Waals surface area contributed by atoms with Crippen LogP contribution in [-0.2, 0) is 0 Å². The van der Waals surface area contributed by atoms with Crippen LogP contribution < -0.4 is 8.85 Å². The van der Waals surface area contributed by atoms with Gasteiger partial charge < -0.3 is 8.85 Å². The number of para-hydroxylation sites is 1. The Labute approximate surface area is 98.8 Å². The van der Waals surface area contributed by atoms with Crippen molar-refractivity contribution in [3.8, 4) is 11.5 Å². The fourth-order valence-corrected chi connectivity index (χ4v) is 5.73. The normalized spacial score (nSPS) is 17.2. The third-order valence-corrected chi connectivity index (χ3v) is 7.60. The monoisotopic (exact) mass is 236 g/mol. The summed E-state index contributed by atoms with van der Waals surface area (Å²) in [4.78, 5) is 0. The summed E-state index contributed by atoms with van der Waals surface area (Å²) in [6.07, 6.45) is 0. The molecule has 0 N–H and O–H groups in total. The molecule has 0 radical (unpaired) electrons. The highest BCUT2D eigenvalue weighted by Crippen LogP contribution is 2.47. The highest BCUT2D eigenvalue weighted by Gasteiger charge is 2.53. The number of benzene rings is 1. The molecule has 0 aliphatic carbocycles. The van der Waals surface area contributed by atoms with Gasteiger partial charge in [-0.05, 0) is 18.6 Å². The first kappa shape index (κ1) is 11.5. The molecule has 3 heteroatoms. The van der Waals surface area contributed by atoms with Crippen molar-refractivity contribution in [3.05, 3.63) is 23.8 Å². The van der Waals surface area contributed by atoms with Gasteiger partial charge in [-0.25, -0.2) is 0 Å². The topological polar surface area (TPSA) is 18.5 Å². The molecule has 2 nitrogen and oxygen atoms in total. The summed E-state index contributed by atoms with van der Waals surface area (Å²) in [5.74, 6) is 1.91. The highest BCUT2D eigenvalue weighted by molar-refractivity contribution is 6.72. The third kappa shape index (κ3) is 1.54. The van der Waals surface area contributed by atoms with Gasteiger partial charge in [-0.3, -0.25) is 0 Å². The van der Waals surface area contributed by atoms with Crippen molar-refractivity contribution in [1.82, 2.24) is 0 Å². The Hall–Kier alpha value is -0.963. The third-order valence-electron chi connectivity index (χ3n) is 3.32. The van der Waals surface area contributed by atoms with E-state index in [1.807, 2.05) is 12.1 Å². The summed E-state index contributed by atoms with van der Waals surface area (Å²) in [7, 11) is -2.12. The van der Waals surface area contributed by atoms with E-state index >= 15 is 0 Å². The summed E-state index contributed by atoms with van der Waals surface area (Å²) in [5, 5.41) is 0. The Morgan fingerprint density at radius 2 is 1.62 bits per heavy atom. The highest BCUT2D eigenvalue weighted by atomic mass is 28.4. The maximum Gasteiger partial charge on any atom is 0.465 e. The molecule has 0 saturated carbocycles. The summed E-state index contributed by atoms with van der Waals surface area (Å²) in [6.45, 7) is 10.9. The van der Waals surface area contributed by atoms with Crippen molar-refractivity contribution in [2.75, 3.05) is 0 Å². The van der Waals surface area contributed by atoms with E-state index in [0.29, 0.717) is 11.1 Å². The Balaban J connectivity index is 2.43. The molecule has 0 aromatic heterocycles. The first-order chi connectivity index (χ1) is 7.47. The molecule has 1 heterocycles. The molecule has 0 saturated heterocycles. The largest absolute Gasteiger partial charge is 0.508 e. The Morgan fingerprint density at radius 3 is 2.12 bits per heavy atom. The maximum absolute atomic E-state index is 6.26. The van der Waals surface area contributed by atoms with E-state index < -0.39 is 8.56 Å². The standard InChI is InChI=1S/C13H20O2Si/c1-9(2)16(10(3)4)14-12-8-6-7-11(5)13(12)15-16/h6-10H,1-5H3. The number of hydrogen-bond acceptors (Lipinski definition) is 2. The Morgan fingerprint density at radius 1 is 1.00 bits per heavy atom. The van der Waals surface area contributed by atoms with Crippen molar-refractivity contribution < 1.29 is 8.85 Å². The van der Waals surface area contributed by atoms with E-state index in [2.05, 4.69) is 40.7 Å². The van der Waals surface area contributed by atoms with Crippen LogP contribution in [0.2, 0.25) is 11.1 Å². The molecule has 0 amide bonds. The number of fused-ring (bicyclic) bond motifs is 1. The lowest BCUT2D eigenvalue weighted by Gasteiger charge is -2.30. The minimum atomic E-state index is -2.12. The van der Waals surface area contributed by atoms with Crippen LogP contribution in [0.4, 0.5) is 0 Å². The van der Waals surface area contributed by atoms with Crippen LogP contribution in [0.5, 0.6) is 11.5 Å². The van der Waals surface area contributed by atoms with Gasteiger partial charge in [0.15, 0.2) is 5.75 Å². The van der Waals surface area contributed by atoms with Gasteiger partial charge in [0.25, 0.3) is 0 Å². The first-order valence-corrected chi connectivity index (χ1v) is 7.92. The van der Waals surface area contributed by atoms with Crippen LogP contribution in [0.25, 0.3) is 0 Å². The van der Waals surface area contributed by atoms with Crippen molar-refractivity contribution in [2.45, 2.75) is 45.7 Å². The van der Waals surface area contributed by atoms with Crippen molar-refractivity contribution >= 4 is 8.56 Å². The first-order valence-electron chi connectivity index (χ1n) is 5.95. The molecule has 2 rings (SSSR count). The molecule has 0 atom stereocenters. The van der Waals surface area contributed by atoms with Gasteiger partial charge in [-0.1, -0.05) is 39.8 Å². The zero-order valence-electron chi connectivity index (χ0n) is 10.7. The molecule has 16 heavy (non-hydrogen) atoms. The SMILES string of the molecule is Cc1cccc2c1O[Si](C(C)C)(C(C)C)O2. The quantitative estimate of drug-likeness (QED) is 0.722. The van der Waals surface area contributed by atoms with Gasteiger partial charge in [0.2, 0.25) is 0 Å². The molecule has 0 bridgehead atoms. The summed E-state index contributed by atoms with van der Waals surface area (Å²) >= 11 is 0. The summed E-state index contributed by atoms with van der Waals surface area (Å²) in [6, 6.07) is 6.12. The fraction of sp³-hybridized carbons (Fsp3) is 0.538. The lowest BCUT2D eigenvalue weighted by molar-refractivity contribution is 0.412. The van der Waals surface area contributed by atoms with Crippen molar-refractivity contribution in [1.29, 1.82) is 0 Å². The number of rotatable bonds is 2. The second-order valence-corrected chi connectivity index (χ2v) is 9.30. The van der Waals surface area contributed by atoms with Crippen LogP contribution in [-0.4, -0.2) is 8.56 Å². The van der Waals surface area contributed by atoms with Gasteiger partial charge in [0.05, 0.1) is 0 Å². The Kier molecular flexibility index (Phi) is 2.74. The van der Waals surface area contributed by atoms with Crippen molar-refractivity contribution in [3.63, 3.8) is 0 Å². The van der Waals surface area contributed by atoms with Crippen molar-refractivity contribution in [2.24, 2.45) is 0 Å². The summed E-state index contributed by atoms with van der Waals surface area (Å²) in [5.41, 5.74) is 2.09. The summed E-state index contributed by atoms with van der Waals surface area (Å²) < 4.78 is 12.5. The zero-order chi connectivity index (χ0) is 11.9. The molecule has 0 unspecified atom stereocenters. The van der Waals surface area contributed by atoms with E-state index in [-0.39, 0.29) is 0 Å². The molecule has 88 valence electrons. The molecule has 1 aliphatic rings. The molecule has 1 aromatic carbocycles. The van der Waals surface area contributed by atoms with Gasteiger partial charge in [0.1, 0.15) is 5.75 Å². The minimum absolute atomic E-state index is 0.458. The van der Waals surface area contributed by atoms with Gasteiger partial charge >= 0.3 is 8.56 Å². The molecular weight excluding hydrogens is 216 g/mol. The molecule has 0 fully saturated rings. The van der Waals surface area contributed by atoms with E-state index in [9.17, 15) is 0 Å². The average Bonchev–Trinajstić information content (AvgIpc) is 2.59. The van der Waals surface area contributed by atoms with E-state index in [0.717, 1.165) is 11.5 Å². The zero-order valence-corrected chi connectivity index (χ0v) is 11.7. The molecule has 0 spiro atoms. The van der Waals surface area contributed by atoms with Crippen LogP contribution in [0.15, 0.2) is 18.2 Å². The lowest BCUT2D eigenvalue weighted by atomic mass is 10.2. The van der Waals surface area contributed by atoms with E-state index in [1.54, 1.807) is 0 Å². The van der Waals surface area contributed by atoms with Crippen LogP contribution in [0.1, 0.15) is 33.3 Å². The fourth-order valence-electron chi connectivity index (χ4n) is 2.33. The number of aryl methyl sites for hydroxylation is 1. The molecular formula is C13H20O2Si.